The summed E-state index contributed by atoms with van der Waals surface area (Å²) in [4.78, 5) is 11.4. The third kappa shape index (κ3) is 4.39. The number of amides is 1. The van der Waals surface area contributed by atoms with E-state index in [-0.39, 0.29) is 11.7 Å². The standard InChI is InChI=1S/C16H17ClN2O2/c1-2-16(21)19-13-5-3-4-12(9-13)18-10-11-6-7-15(20)14(17)8-11/h3-9,18,20H,2,10H2,1H3,(H,19,21). The van der Waals surface area contributed by atoms with Crippen molar-refractivity contribution in [1.82, 2.24) is 0 Å². The lowest BCUT2D eigenvalue weighted by molar-refractivity contribution is -0.115. The zero-order valence-corrected chi connectivity index (χ0v) is 12.4. The van der Waals surface area contributed by atoms with Gasteiger partial charge in [-0.1, -0.05) is 30.7 Å². The first kappa shape index (κ1) is 15.2. The minimum absolute atomic E-state index is 0.0162. The van der Waals surface area contributed by atoms with E-state index in [4.69, 9.17) is 11.6 Å². The Morgan fingerprint density at radius 2 is 1.95 bits per heavy atom. The number of nitrogens with one attached hydrogen (secondary N) is 2. The lowest BCUT2D eigenvalue weighted by Crippen LogP contribution is -2.09. The number of aromatic hydroxyl groups is 1. The highest BCUT2D eigenvalue weighted by Gasteiger charge is 2.02. The highest BCUT2D eigenvalue weighted by atomic mass is 35.5. The number of anilines is 2. The van der Waals surface area contributed by atoms with Crippen molar-refractivity contribution in [1.29, 1.82) is 0 Å². The Labute approximate surface area is 128 Å². The van der Waals surface area contributed by atoms with Crippen molar-refractivity contribution in [3.63, 3.8) is 0 Å². The van der Waals surface area contributed by atoms with Gasteiger partial charge < -0.3 is 15.7 Å². The monoisotopic (exact) mass is 304 g/mol. The lowest BCUT2D eigenvalue weighted by atomic mass is 10.2. The Bertz CT molecular complexity index is 644. The molecule has 3 N–H and O–H groups in total. The van der Waals surface area contributed by atoms with Crippen LogP contribution < -0.4 is 10.6 Å². The van der Waals surface area contributed by atoms with E-state index in [0.717, 1.165) is 16.9 Å². The van der Waals surface area contributed by atoms with Gasteiger partial charge in [-0.2, -0.15) is 0 Å². The molecule has 0 spiro atoms. The van der Waals surface area contributed by atoms with Gasteiger partial charge in [-0.3, -0.25) is 4.79 Å². The molecule has 0 heterocycles. The highest BCUT2D eigenvalue weighted by Crippen LogP contribution is 2.24. The summed E-state index contributed by atoms with van der Waals surface area (Å²) in [7, 11) is 0. The largest absolute Gasteiger partial charge is 0.506 e. The van der Waals surface area contributed by atoms with Gasteiger partial charge in [0.25, 0.3) is 0 Å². The maximum absolute atomic E-state index is 11.4. The number of carbonyl (C=O) groups excluding carboxylic acids is 1. The average molecular weight is 305 g/mol. The van der Waals surface area contributed by atoms with Gasteiger partial charge in [0.1, 0.15) is 5.75 Å². The minimum Gasteiger partial charge on any atom is -0.506 e. The SMILES string of the molecule is CCC(=O)Nc1cccc(NCc2ccc(O)c(Cl)c2)c1. The number of phenolic OH excluding ortho intramolecular Hbond substituents is 1. The molecule has 4 nitrogen and oxygen atoms in total. The van der Waals surface area contributed by atoms with Crippen LogP contribution in [0.5, 0.6) is 5.75 Å². The van der Waals surface area contributed by atoms with Crippen molar-refractivity contribution >= 4 is 28.9 Å². The van der Waals surface area contributed by atoms with E-state index in [1.165, 1.54) is 0 Å². The zero-order chi connectivity index (χ0) is 15.2. The number of hydrogen-bond acceptors (Lipinski definition) is 3. The Kier molecular flexibility index (Phi) is 5.06. The minimum atomic E-state index is -0.0162. The molecule has 0 aromatic heterocycles. The second-order valence-electron chi connectivity index (χ2n) is 4.62. The van der Waals surface area contributed by atoms with Crippen LogP contribution in [0.25, 0.3) is 0 Å². The van der Waals surface area contributed by atoms with Gasteiger partial charge in [0.15, 0.2) is 0 Å². The molecule has 0 unspecified atom stereocenters. The molecule has 0 saturated carbocycles. The van der Waals surface area contributed by atoms with Crippen molar-refractivity contribution in [3.8, 4) is 5.75 Å². The molecule has 110 valence electrons. The molecule has 0 aliphatic carbocycles. The van der Waals surface area contributed by atoms with Gasteiger partial charge in [-0.15, -0.1) is 0 Å². The van der Waals surface area contributed by atoms with Gasteiger partial charge in [-0.05, 0) is 35.9 Å². The Morgan fingerprint density at radius 1 is 1.19 bits per heavy atom. The van der Waals surface area contributed by atoms with Gasteiger partial charge in [0, 0.05) is 24.3 Å². The van der Waals surface area contributed by atoms with Crippen LogP contribution in [0.1, 0.15) is 18.9 Å². The average Bonchev–Trinajstić information content (AvgIpc) is 2.49. The molecule has 1 amide bonds. The number of carbonyl (C=O) groups is 1. The summed E-state index contributed by atoms with van der Waals surface area (Å²) in [5.41, 5.74) is 2.62. The Balaban J connectivity index is 2.01. The van der Waals surface area contributed by atoms with Gasteiger partial charge in [0.05, 0.1) is 5.02 Å². The van der Waals surface area contributed by atoms with Crippen LogP contribution in [0.3, 0.4) is 0 Å². The van der Waals surface area contributed by atoms with Crippen molar-refractivity contribution in [2.45, 2.75) is 19.9 Å². The van der Waals surface area contributed by atoms with E-state index < -0.39 is 0 Å². The van der Waals surface area contributed by atoms with E-state index in [1.54, 1.807) is 18.2 Å². The molecule has 0 aliphatic heterocycles. The van der Waals surface area contributed by atoms with E-state index >= 15 is 0 Å². The quantitative estimate of drug-likeness (QED) is 0.782. The molecular weight excluding hydrogens is 288 g/mol. The van der Waals surface area contributed by atoms with Crippen LogP contribution in [-0.4, -0.2) is 11.0 Å². The number of rotatable bonds is 5. The van der Waals surface area contributed by atoms with E-state index in [9.17, 15) is 9.90 Å². The van der Waals surface area contributed by atoms with Crippen LogP contribution >= 0.6 is 11.6 Å². The predicted molar refractivity (Wildman–Crippen MR) is 85.8 cm³/mol. The van der Waals surface area contributed by atoms with Crippen LogP contribution in [-0.2, 0) is 11.3 Å². The molecule has 0 fully saturated rings. The van der Waals surface area contributed by atoms with E-state index in [2.05, 4.69) is 10.6 Å². The molecule has 0 bridgehead atoms. The second kappa shape index (κ2) is 6.99. The molecule has 21 heavy (non-hydrogen) atoms. The summed E-state index contributed by atoms with van der Waals surface area (Å²) < 4.78 is 0. The molecule has 5 heteroatoms. The fourth-order valence-electron chi connectivity index (χ4n) is 1.82. The highest BCUT2D eigenvalue weighted by molar-refractivity contribution is 6.32. The first-order valence-corrected chi connectivity index (χ1v) is 7.07. The third-order valence-corrected chi connectivity index (χ3v) is 3.28. The molecule has 2 rings (SSSR count). The summed E-state index contributed by atoms with van der Waals surface area (Å²) in [5.74, 6) is 0.0576. The molecular formula is C16H17ClN2O2. The predicted octanol–water partition coefficient (Wildman–Crippen LogP) is 4.01. The number of hydrogen-bond donors (Lipinski definition) is 3. The third-order valence-electron chi connectivity index (χ3n) is 2.98. The molecule has 0 atom stereocenters. The van der Waals surface area contributed by atoms with Crippen LogP contribution in [0.2, 0.25) is 5.02 Å². The fraction of sp³-hybridized carbons (Fsp3) is 0.188. The first-order valence-electron chi connectivity index (χ1n) is 6.69. The van der Waals surface area contributed by atoms with E-state index in [0.29, 0.717) is 18.0 Å². The molecule has 0 radical (unpaired) electrons. The van der Waals surface area contributed by atoms with Crippen molar-refractivity contribution in [2.24, 2.45) is 0 Å². The summed E-state index contributed by atoms with van der Waals surface area (Å²) in [6.07, 6.45) is 0.448. The fourth-order valence-corrected chi connectivity index (χ4v) is 2.02. The van der Waals surface area contributed by atoms with Gasteiger partial charge >= 0.3 is 0 Å². The number of halogens is 1. The smallest absolute Gasteiger partial charge is 0.224 e. The maximum Gasteiger partial charge on any atom is 0.224 e. The maximum atomic E-state index is 11.4. The summed E-state index contributed by atoms with van der Waals surface area (Å²) >= 11 is 5.87. The van der Waals surface area contributed by atoms with Crippen molar-refractivity contribution in [2.75, 3.05) is 10.6 Å². The molecule has 2 aromatic carbocycles. The Hall–Kier alpha value is -2.20. The number of phenols is 1. The zero-order valence-electron chi connectivity index (χ0n) is 11.7. The van der Waals surface area contributed by atoms with Crippen LogP contribution in [0, 0.1) is 0 Å². The molecule has 0 saturated heterocycles. The normalized spacial score (nSPS) is 10.2. The Morgan fingerprint density at radius 3 is 2.67 bits per heavy atom. The van der Waals surface area contributed by atoms with Crippen molar-refractivity contribution in [3.05, 3.63) is 53.1 Å². The summed E-state index contributed by atoms with van der Waals surface area (Å²) in [6.45, 7) is 2.39. The molecule has 0 aliphatic rings. The van der Waals surface area contributed by atoms with E-state index in [1.807, 2.05) is 31.2 Å². The lowest BCUT2D eigenvalue weighted by Gasteiger charge is -2.10. The molecule has 2 aromatic rings. The van der Waals surface area contributed by atoms with Gasteiger partial charge in [-0.25, -0.2) is 0 Å². The van der Waals surface area contributed by atoms with Crippen LogP contribution in [0.4, 0.5) is 11.4 Å². The summed E-state index contributed by atoms with van der Waals surface area (Å²) in [6, 6.07) is 12.6. The summed E-state index contributed by atoms with van der Waals surface area (Å²) in [5, 5.41) is 15.8. The second-order valence-corrected chi connectivity index (χ2v) is 5.03. The van der Waals surface area contributed by atoms with Gasteiger partial charge in [0.2, 0.25) is 5.91 Å². The van der Waals surface area contributed by atoms with Crippen LogP contribution in [0.15, 0.2) is 42.5 Å². The number of benzene rings is 2. The topological polar surface area (TPSA) is 61.4 Å². The first-order chi connectivity index (χ1) is 10.1. The van der Waals surface area contributed by atoms with Crippen molar-refractivity contribution < 1.29 is 9.90 Å².